The number of hydrogen-bond acceptors (Lipinski definition) is 6. The van der Waals surface area contributed by atoms with Crippen LogP contribution in [0.1, 0.15) is 54.5 Å². The van der Waals surface area contributed by atoms with E-state index in [0.717, 1.165) is 5.56 Å². The number of halogens is 3. The first-order valence-electron chi connectivity index (χ1n) is 14.0. The summed E-state index contributed by atoms with van der Waals surface area (Å²) in [5.41, 5.74) is 3.40. The number of nitrogens with zero attached hydrogens (tertiary/aromatic N) is 4. The average Bonchev–Trinajstić information content (AvgIpc) is 3.47. The lowest BCUT2D eigenvalue weighted by atomic mass is 9.98. The van der Waals surface area contributed by atoms with Crippen molar-refractivity contribution in [2.24, 2.45) is 5.92 Å². The van der Waals surface area contributed by atoms with E-state index in [2.05, 4.69) is 24.1 Å². The first-order chi connectivity index (χ1) is 20.2. The zero-order valence-corrected chi connectivity index (χ0v) is 25.2. The summed E-state index contributed by atoms with van der Waals surface area (Å²) in [4.78, 5) is 38.9. The summed E-state index contributed by atoms with van der Waals surface area (Å²) in [7, 11) is 0. The predicted octanol–water partition coefficient (Wildman–Crippen LogP) is 6.42. The highest BCUT2D eigenvalue weighted by Crippen LogP contribution is 2.32. The second kappa shape index (κ2) is 12.8. The topological polar surface area (TPSA) is 80.1 Å². The number of piperazine rings is 1. The van der Waals surface area contributed by atoms with Gasteiger partial charge in [-0.25, -0.2) is 13.8 Å². The molecule has 4 heterocycles. The molecule has 1 aliphatic heterocycles. The quantitative estimate of drug-likeness (QED) is 0.249. The molecule has 0 unspecified atom stereocenters. The summed E-state index contributed by atoms with van der Waals surface area (Å²) >= 11 is 7.71. The molecule has 0 radical (unpaired) electrons. The van der Waals surface area contributed by atoms with E-state index in [0.29, 0.717) is 77.3 Å². The monoisotopic (exact) mass is 611 g/mol. The molecular formula is C31H32ClF2N5O2S. The molecule has 42 heavy (non-hydrogen) atoms. The minimum Gasteiger partial charge on any atom is -0.336 e. The largest absolute Gasteiger partial charge is 0.336 e. The van der Waals surface area contributed by atoms with Crippen molar-refractivity contribution in [3.05, 3.63) is 85.9 Å². The molecular weight excluding hydrogens is 580 g/mol. The third-order valence-corrected chi connectivity index (χ3v) is 8.36. The molecule has 1 aromatic carbocycles. The van der Waals surface area contributed by atoms with E-state index in [1.54, 1.807) is 28.1 Å². The summed E-state index contributed by atoms with van der Waals surface area (Å²) in [6.45, 7) is 8.64. The highest BCUT2D eigenvalue weighted by Gasteiger charge is 2.28. The van der Waals surface area contributed by atoms with Gasteiger partial charge in [0.15, 0.2) is 0 Å². The van der Waals surface area contributed by atoms with Crippen LogP contribution in [0.15, 0.2) is 52.8 Å². The van der Waals surface area contributed by atoms with Crippen molar-refractivity contribution in [3.63, 3.8) is 0 Å². The molecule has 0 saturated carbocycles. The Morgan fingerprint density at radius 1 is 1.14 bits per heavy atom. The van der Waals surface area contributed by atoms with E-state index in [9.17, 15) is 18.4 Å². The molecule has 0 atom stereocenters. The maximum atomic E-state index is 14.4. The van der Waals surface area contributed by atoms with Crippen LogP contribution in [0.2, 0.25) is 5.02 Å². The molecule has 7 nitrogen and oxygen atoms in total. The number of thiazole rings is 1. The van der Waals surface area contributed by atoms with Crippen LogP contribution in [0.25, 0.3) is 27.5 Å². The summed E-state index contributed by atoms with van der Waals surface area (Å²) in [5, 5.41) is 5.95. The second-order valence-corrected chi connectivity index (χ2v) is 11.9. The van der Waals surface area contributed by atoms with Crippen molar-refractivity contribution >= 4 is 28.8 Å². The number of rotatable bonds is 8. The number of benzene rings is 1. The van der Waals surface area contributed by atoms with Gasteiger partial charge in [0.2, 0.25) is 0 Å². The Bertz CT molecular complexity index is 1650. The van der Waals surface area contributed by atoms with Gasteiger partial charge in [0.05, 0.1) is 22.5 Å². The minimum absolute atomic E-state index is 0.134. The van der Waals surface area contributed by atoms with E-state index >= 15 is 0 Å². The first-order valence-corrected chi connectivity index (χ1v) is 15.2. The van der Waals surface area contributed by atoms with Crippen molar-refractivity contribution in [3.8, 4) is 27.5 Å². The summed E-state index contributed by atoms with van der Waals surface area (Å²) in [6, 6.07) is 9.97. The van der Waals surface area contributed by atoms with Gasteiger partial charge >= 0.3 is 0 Å². The van der Waals surface area contributed by atoms with E-state index < -0.39 is 6.43 Å². The molecule has 0 bridgehead atoms. The highest BCUT2D eigenvalue weighted by atomic mass is 35.5. The Morgan fingerprint density at radius 2 is 1.90 bits per heavy atom. The Labute approximate surface area is 252 Å². The molecule has 1 fully saturated rings. The number of carbonyl (C=O) groups excluding carboxylic acids is 1. The van der Waals surface area contributed by atoms with E-state index in [1.165, 1.54) is 29.7 Å². The van der Waals surface area contributed by atoms with Gasteiger partial charge in [0, 0.05) is 54.0 Å². The number of amides is 1. The SMILES string of the molecule is CCc1ccc(Cl)cc1-n1c(CC(C)C)c(C(=O)N2CCNCC2)cc(-c2nc(-c3ccc(C(F)F)nc3)cs2)c1=O. The number of carbonyl (C=O) groups is 1. The summed E-state index contributed by atoms with van der Waals surface area (Å²) < 4.78 is 27.7. The normalized spacial score (nSPS) is 13.8. The van der Waals surface area contributed by atoms with Gasteiger partial charge in [-0.1, -0.05) is 38.4 Å². The molecule has 1 saturated heterocycles. The maximum Gasteiger partial charge on any atom is 0.280 e. The van der Waals surface area contributed by atoms with E-state index in [-0.39, 0.29) is 28.6 Å². The van der Waals surface area contributed by atoms with E-state index in [4.69, 9.17) is 16.6 Å². The molecule has 0 aliphatic carbocycles. The highest BCUT2D eigenvalue weighted by molar-refractivity contribution is 7.13. The number of hydrogen-bond donors (Lipinski definition) is 1. The number of aryl methyl sites for hydroxylation is 1. The Kier molecular flexibility index (Phi) is 9.15. The Morgan fingerprint density at radius 3 is 2.55 bits per heavy atom. The number of aromatic nitrogens is 3. The summed E-state index contributed by atoms with van der Waals surface area (Å²) in [6.07, 6.45) is -0.153. The number of alkyl halides is 2. The minimum atomic E-state index is -2.67. The maximum absolute atomic E-state index is 14.4. The van der Waals surface area contributed by atoms with Crippen molar-refractivity contribution < 1.29 is 13.6 Å². The fourth-order valence-corrected chi connectivity index (χ4v) is 6.13. The summed E-state index contributed by atoms with van der Waals surface area (Å²) in [5.74, 6) is 0.0290. The van der Waals surface area contributed by atoms with E-state index in [1.807, 2.05) is 17.9 Å². The fraction of sp³-hybridized carbons (Fsp3) is 0.355. The van der Waals surface area contributed by atoms with Gasteiger partial charge in [0.1, 0.15) is 10.7 Å². The molecule has 4 aromatic rings. The lowest BCUT2D eigenvalue weighted by molar-refractivity contribution is 0.0733. The molecule has 220 valence electrons. The second-order valence-electron chi connectivity index (χ2n) is 10.6. The molecule has 1 amide bonds. The molecule has 1 N–H and O–H groups in total. The Balaban J connectivity index is 1.74. The van der Waals surface area contributed by atoms with Crippen molar-refractivity contribution in [1.82, 2.24) is 24.8 Å². The van der Waals surface area contributed by atoms with Gasteiger partial charge in [0.25, 0.3) is 17.9 Å². The third kappa shape index (κ3) is 6.16. The van der Waals surface area contributed by atoms with Gasteiger partial charge in [-0.3, -0.25) is 19.1 Å². The number of pyridine rings is 2. The van der Waals surface area contributed by atoms with Gasteiger partial charge in [-0.2, -0.15) is 0 Å². The van der Waals surface area contributed by atoms with Crippen LogP contribution in [0.5, 0.6) is 0 Å². The Hall–Kier alpha value is -3.47. The molecule has 0 spiro atoms. The third-order valence-electron chi connectivity index (χ3n) is 7.25. The van der Waals surface area contributed by atoms with Gasteiger partial charge in [-0.05, 0) is 54.7 Å². The smallest absolute Gasteiger partial charge is 0.280 e. The van der Waals surface area contributed by atoms with Crippen LogP contribution in [-0.4, -0.2) is 51.5 Å². The van der Waals surface area contributed by atoms with Crippen LogP contribution < -0.4 is 10.9 Å². The van der Waals surface area contributed by atoms with Crippen LogP contribution in [0.3, 0.4) is 0 Å². The molecule has 5 rings (SSSR count). The van der Waals surface area contributed by atoms with Crippen molar-refractivity contribution in [1.29, 1.82) is 0 Å². The lowest BCUT2D eigenvalue weighted by Crippen LogP contribution is -2.47. The predicted molar refractivity (Wildman–Crippen MR) is 163 cm³/mol. The van der Waals surface area contributed by atoms with Crippen LogP contribution in [0.4, 0.5) is 8.78 Å². The van der Waals surface area contributed by atoms with Gasteiger partial charge in [-0.15, -0.1) is 11.3 Å². The average molecular weight is 612 g/mol. The first kappa shape index (κ1) is 30.0. The zero-order chi connectivity index (χ0) is 30.0. The zero-order valence-electron chi connectivity index (χ0n) is 23.7. The molecule has 3 aromatic heterocycles. The number of nitrogens with one attached hydrogen (secondary N) is 1. The van der Waals surface area contributed by atoms with Crippen LogP contribution in [0, 0.1) is 5.92 Å². The standard InChI is InChI=1S/C31H32ClF2N5O2S/c1-4-19-5-7-21(32)14-26(19)39-27(13-18(2)3)22(30(40)38-11-9-35-10-12-38)15-23(31(39)41)29-37-25(17-42-29)20-6-8-24(28(33)34)36-16-20/h5-8,14-18,28,35H,4,9-13H2,1-3H3. The van der Waals surface area contributed by atoms with Crippen molar-refractivity contribution in [2.75, 3.05) is 26.2 Å². The molecule has 11 heteroatoms. The fourth-order valence-electron chi connectivity index (χ4n) is 5.13. The van der Waals surface area contributed by atoms with Crippen LogP contribution in [-0.2, 0) is 12.8 Å². The van der Waals surface area contributed by atoms with Crippen LogP contribution >= 0.6 is 22.9 Å². The molecule has 1 aliphatic rings. The van der Waals surface area contributed by atoms with Crippen molar-refractivity contribution in [2.45, 2.75) is 40.0 Å². The van der Waals surface area contributed by atoms with Gasteiger partial charge < -0.3 is 10.2 Å². The lowest BCUT2D eigenvalue weighted by Gasteiger charge is -2.29.